The average molecular weight is 911 g/mol. The molecular weight excluding hydrogens is 828 g/mol. The zero-order chi connectivity index (χ0) is 47.4. The van der Waals surface area contributed by atoms with Crippen LogP contribution in [0, 0.1) is 23.7 Å². The molecule has 0 bridgehead atoms. The van der Waals surface area contributed by atoms with Crippen molar-refractivity contribution in [2.75, 3.05) is 68.3 Å². The lowest BCUT2D eigenvalue weighted by atomic mass is 9.73. The lowest BCUT2D eigenvalue weighted by Gasteiger charge is -2.49. The molecule has 0 radical (unpaired) electrons. The lowest BCUT2D eigenvalue weighted by molar-refractivity contribution is -0.318. The Morgan fingerprint density at radius 3 is 2.08 bits per heavy atom. The van der Waals surface area contributed by atoms with Gasteiger partial charge in [0.25, 0.3) is 0 Å². The number of aliphatic hydroxyl groups is 5. The van der Waals surface area contributed by atoms with Crippen molar-refractivity contribution in [2.24, 2.45) is 28.8 Å². The summed E-state index contributed by atoms with van der Waals surface area (Å²) in [4.78, 5) is 21.9. The molecule has 3 heterocycles. The summed E-state index contributed by atoms with van der Waals surface area (Å²) in [6, 6.07) is -0.474. The number of carbonyl (C=O) groups excluding carboxylic acids is 1. The summed E-state index contributed by atoms with van der Waals surface area (Å²) >= 11 is 0. The van der Waals surface area contributed by atoms with Crippen LogP contribution in [0.25, 0.3) is 0 Å². The Morgan fingerprint density at radius 2 is 1.48 bits per heavy atom. The van der Waals surface area contributed by atoms with Gasteiger partial charge in [-0.25, -0.2) is 0 Å². The second-order valence-corrected chi connectivity index (χ2v) is 18.6. The van der Waals surface area contributed by atoms with Gasteiger partial charge in [-0.2, -0.15) is 0 Å². The molecule has 0 aliphatic carbocycles. The number of nitrogens with zero attached hydrogens (tertiary/aromatic N) is 2. The molecule has 370 valence electrons. The maximum atomic E-state index is 14.4. The van der Waals surface area contributed by atoms with Crippen LogP contribution >= 0.6 is 0 Å². The number of carbonyl (C=O) groups is 1. The van der Waals surface area contributed by atoms with E-state index < -0.39 is 108 Å². The van der Waals surface area contributed by atoms with Crippen molar-refractivity contribution < 1.29 is 82.5 Å². The van der Waals surface area contributed by atoms with E-state index >= 15 is 0 Å². The highest BCUT2D eigenvalue weighted by molar-refractivity contribution is 5.88. The summed E-state index contributed by atoms with van der Waals surface area (Å²) in [6.07, 6.45) is -10.1. The van der Waals surface area contributed by atoms with Gasteiger partial charge in [-0.15, -0.1) is 0 Å². The van der Waals surface area contributed by atoms with Crippen LogP contribution in [0.5, 0.6) is 0 Å². The first-order valence-electron chi connectivity index (χ1n) is 22.4. The van der Waals surface area contributed by atoms with E-state index in [-0.39, 0.29) is 51.2 Å². The monoisotopic (exact) mass is 911 g/mol. The molecule has 0 aromatic heterocycles. The summed E-state index contributed by atoms with van der Waals surface area (Å²) in [6.45, 7) is 18.1. The molecule has 3 saturated heterocycles. The molecule has 0 saturated carbocycles. The van der Waals surface area contributed by atoms with Crippen molar-refractivity contribution in [3.05, 3.63) is 0 Å². The summed E-state index contributed by atoms with van der Waals surface area (Å²) < 4.78 is 59.3. The number of oxime groups is 1. The number of esters is 1. The van der Waals surface area contributed by atoms with E-state index in [4.69, 9.17) is 52.2 Å². The smallest absolute Gasteiger partial charge is 0.311 e. The molecule has 3 aliphatic heterocycles. The number of hydrogen-bond acceptors (Lipinski definition) is 19. The number of likely N-dealkylation sites (N-methyl/N-ethyl adjacent to an activating group) is 1. The molecule has 19 nitrogen and oxygen atoms in total. The number of rotatable bonds is 18. The summed E-state index contributed by atoms with van der Waals surface area (Å²) in [5, 5.41) is 64.2. The first kappa shape index (κ1) is 55.7. The SMILES string of the molecule is CC[C@H]1OC(=O)[C@H](C)[C@@H](O[C@H]2C[C@@](C)(OC)[C@@H](O)[C@H](C)O2)[C@H](C)[C@@H](O[C@@H]2O[C@H](C)C[C@H](N(C)COCCOC)[C@H]2O)[C@](C)(O)C[C@@H](C)/C(=N\OCOCCOC)[C@H](C)[C@@H](O)[C@]1(C)O. The third-order valence-electron chi connectivity index (χ3n) is 13.2. The molecule has 3 rings (SSSR count). The van der Waals surface area contributed by atoms with Gasteiger partial charge in [0.2, 0.25) is 6.79 Å². The van der Waals surface area contributed by atoms with Gasteiger partial charge in [-0.05, 0) is 67.9 Å². The van der Waals surface area contributed by atoms with Crippen molar-refractivity contribution >= 4 is 11.7 Å². The van der Waals surface area contributed by atoms with E-state index in [1.54, 1.807) is 69.6 Å². The Balaban J connectivity index is 2.20. The number of aliphatic hydroxyl groups excluding tert-OH is 3. The molecule has 0 unspecified atom stereocenters. The van der Waals surface area contributed by atoms with Gasteiger partial charge in [0.1, 0.15) is 23.9 Å². The van der Waals surface area contributed by atoms with E-state index in [9.17, 15) is 30.3 Å². The Kier molecular flexibility index (Phi) is 22.0. The Labute approximate surface area is 374 Å². The average Bonchev–Trinajstić information content (AvgIpc) is 3.23. The second-order valence-electron chi connectivity index (χ2n) is 18.6. The highest BCUT2D eigenvalue weighted by Gasteiger charge is 2.53. The minimum absolute atomic E-state index is 0.0589. The number of cyclic esters (lactones) is 1. The van der Waals surface area contributed by atoms with Crippen LogP contribution in [0.3, 0.4) is 0 Å². The van der Waals surface area contributed by atoms with Gasteiger partial charge >= 0.3 is 5.97 Å². The predicted octanol–water partition coefficient (Wildman–Crippen LogP) is 2.20. The molecule has 18 atom stereocenters. The maximum Gasteiger partial charge on any atom is 0.311 e. The van der Waals surface area contributed by atoms with Crippen molar-refractivity contribution in [1.29, 1.82) is 0 Å². The Morgan fingerprint density at radius 1 is 0.841 bits per heavy atom. The second kappa shape index (κ2) is 24.9. The number of hydrogen-bond donors (Lipinski definition) is 5. The van der Waals surface area contributed by atoms with Crippen molar-refractivity contribution in [3.8, 4) is 0 Å². The van der Waals surface area contributed by atoms with E-state index in [0.717, 1.165) is 0 Å². The summed E-state index contributed by atoms with van der Waals surface area (Å²) in [5.74, 6) is -4.28. The fraction of sp³-hybridized carbons (Fsp3) is 0.955. The summed E-state index contributed by atoms with van der Waals surface area (Å²) in [5.41, 5.74) is -4.59. The highest BCUT2D eigenvalue weighted by atomic mass is 16.7. The van der Waals surface area contributed by atoms with E-state index in [1.165, 1.54) is 14.0 Å². The van der Waals surface area contributed by atoms with Crippen LogP contribution in [-0.2, 0) is 57.0 Å². The molecule has 0 aromatic rings. The van der Waals surface area contributed by atoms with Crippen LogP contribution in [0.1, 0.15) is 94.9 Å². The standard InChI is InChI=1S/C44H82N2O17/c1-15-32-44(10,52)37(48)27(4)34(45-58-24-57-19-17-54-13)25(2)21-42(8,51)39(63-41-35(47)31(20-26(3)59-41)46(11)23-56-18-16-53-12)28(5)36(29(6)40(50)61-32)62-33-22-43(9,55-14)38(49)30(7)60-33/h25-33,35-39,41,47-49,51-52H,15-24H2,1-14H3/b45-34+/t25-,26-,27+,28+,29-,30+,31+,32-,33+,35-,36+,37-,38+,39-,41+,42-,43-,44-/m1/s1. The largest absolute Gasteiger partial charge is 0.459 e. The molecule has 3 aliphatic rings. The van der Waals surface area contributed by atoms with Crippen LogP contribution < -0.4 is 0 Å². The molecule has 0 amide bonds. The fourth-order valence-corrected chi connectivity index (χ4v) is 9.30. The van der Waals surface area contributed by atoms with Gasteiger partial charge in [0.15, 0.2) is 12.6 Å². The van der Waals surface area contributed by atoms with Crippen LogP contribution in [-0.4, -0.2) is 195 Å². The zero-order valence-electron chi connectivity index (χ0n) is 40.3. The maximum absolute atomic E-state index is 14.4. The molecule has 0 aromatic carbocycles. The van der Waals surface area contributed by atoms with Crippen LogP contribution in [0.2, 0.25) is 0 Å². The van der Waals surface area contributed by atoms with Crippen molar-refractivity contribution in [1.82, 2.24) is 4.90 Å². The normalized spacial score (nSPS) is 43.1. The third-order valence-corrected chi connectivity index (χ3v) is 13.2. The molecule has 5 N–H and O–H groups in total. The van der Waals surface area contributed by atoms with Gasteiger partial charge in [0, 0.05) is 51.5 Å². The minimum Gasteiger partial charge on any atom is -0.459 e. The summed E-state index contributed by atoms with van der Waals surface area (Å²) in [7, 11) is 6.44. The van der Waals surface area contributed by atoms with E-state index in [1.807, 2.05) is 18.9 Å². The van der Waals surface area contributed by atoms with Gasteiger partial charge in [0.05, 0.1) is 86.5 Å². The third kappa shape index (κ3) is 14.4. The Hall–Kier alpha value is -1.66. The van der Waals surface area contributed by atoms with Crippen molar-refractivity contribution in [3.63, 3.8) is 0 Å². The zero-order valence-corrected chi connectivity index (χ0v) is 40.3. The quantitative estimate of drug-likeness (QED) is 0.0574. The minimum atomic E-state index is -1.98. The predicted molar refractivity (Wildman–Crippen MR) is 229 cm³/mol. The van der Waals surface area contributed by atoms with Crippen LogP contribution in [0.15, 0.2) is 5.16 Å². The van der Waals surface area contributed by atoms with E-state index in [2.05, 4.69) is 5.16 Å². The number of methoxy groups -OCH3 is 3. The first-order chi connectivity index (χ1) is 29.5. The highest BCUT2D eigenvalue weighted by Crippen LogP contribution is 2.41. The van der Waals surface area contributed by atoms with E-state index in [0.29, 0.717) is 26.2 Å². The Bertz CT molecular complexity index is 1390. The van der Waals surface area contributed by atoms with Gasteiger partial charge in [-0.3, -0.25) is 9.69 Å². The molecule has 0 spiro atoms. The first-order valence-corrected chi connectivity index (χ1v) is 22.4. The molecular formula is C44H82N2O17. The lowest BCUT2D eigenvalue weighted by Crippen LogP contribution is -2.61. The van der Waals surface area contributed by atoms with Gasteiger partial charge in [-0.1, -0.05) is 32.9 Å². The van der Waals surface area contributed by atoms with Crippen LogP contribution in [0.4, 0.5) is 0 Å². The van der Waals surface area contributed by atoms with Gasteiger partial charge < -0.3 is 77.7 Å². The topological polar surface area (TPSA) is 235 Å². The fourth-order valence-electron chi connectivity index (χ4n) is 9.30. The number of ether oxygens (including phenoxy) is 10. The van der Waals surface area contributed by atoms with Crippen molar-refractivity contribution in [2.45, 2.75) is 179 Å². The molecule has 63 heavy (non-hydrogen) atoms. The molecule has 19 heteroatoms. The molecule has 3 fully saturated rings.